The lowest BCUT2D eigenvalue weighted by Crippen LogP contribution is -2.19. The number of halogens is 2. The van der Waals surface area contributed by atoms with Crippen molar-refractivity contribution in [2.45, 2.75) is 12.6 Å². The summed E-state index contributed by atoms with van der Waals surface area (Å²) in [5, 5.41) is 2.80. The summed E-state index contributed by atoms with van der Waals surface area (Å²) in [7, 11) is -0.349. The van der Waals surface area contributed by atoms with Crippen molar-refractivity contribution in [1.82, 2.24) is 0 Å². The standard InChI is InChI=1S/C15H17Cl2PSi/c1-19(16,17)13-12-18(14-8-4-2-5-9-14)15-10-6-3-7-11-15/h2-11H,12-13H2,1H3. The molecule has 0 saturated carbocycles. The van der Waals surface area contributed by atoms with E-state index in [4.69, 9.17) is 22.2 Å². The first-order valence-electron chi connectivity index (χ1n) is 6.32. The SMILES string of the molecule is C[Si](Cl)(Cl)CCP(c1ccccc1)c1ccccc1. The highest BCUT2D eigenvalue weighted by atomic mass is 35.7. The summed E-state index contributed by atoms with van der Waals surface area (Å²) in [6, 6.07) is 22.3. The molecule has 2 aromatic rings. The van der Waals surface area contributed by atoms with Gasteiger partial charge in [0.1, 0.15) is 0 Å². The second kappa shape index (κ2) is 6.90. The average molecular weight is 327 g/mol. The molecule has 0 aliphatic rings. The number of hydrogen-bond donors (Lipinski definition) is 0. The molecule has 19 heavy (non-hydrogen) atoms. The Morgan fingerprint density at radius 3 is 1.63 bits per heavy atom. The molecular weight excluding hydrogens is 310 g/mol. The molecular formula is C15H17Cl2PSi. The van der Waals surface area contributed by atoms with Crippen molar-refractivity contribution in [2.24, 2.45) is 0 Å². The minimum absolute atomic E-state index is 0.349. The van der Waals surface area contributed by atoms with E-state index < -0.39 is 6.69 Å². The Bertz CT molecular complexity index is 457. The second-order valence-corrected chi connectivity index (χ2v) is 15.2. The molecule has 0 aliphatic heterocycles. The number of hydrogen-bond acceptors (Lipinski definition) is 0. The summed E-state index contributed by atoms with van der Waals surface area (Å²) < 4.78 is 0. The molecule has 4 heteroatoms. The zero-order chi connectivity index (χ0) is 13.7. The summed E-state index contributed by atoms with van der Waals surface area (Å²) in [6.07, 6.45) is 1.07. The van der Waals surface area contributed by atoms with E-state index in [1.54, 1.807) is 0 Å². The summed E-state index contributed by atoms with van der Waals surface area (Å²) in [5.74, 6) is 0. The van der Waals surface area contributed by atoms with E-state index in [9.17, 15) is 0 Å². The predicted molar refractivity (Wildman–Crippen MR) is 92.1 cm³/mol. The normalized spacial score (nSPS) is 11.8. The van der Waals surface area contributed by atoms with Crippen LogP contribution in [-0.2, 0) is 0 Å². The van der Waals surface area contributed by atoms with E-state index in [-0.39, 0.29) is 7.92 Å². The fourth-order valence-corrected chi connectivity index (χ4v) is 7.80. The van der Waals surface area contributed by atoms with E-state index in [1.807, 2.05) is 6.55 Å². The molecule has 0 radical (unpaired) electrons. The Hall–Kier alpha value is -0.333. The molecule has 0 amide bonds. The van der Waals surface area contributed by atoms with E-state index in [2.05, 4.69) is 60.7 Å². The van der Waals surface area contributed by atoms with Gasteiger partial charge in [0.15, 0.2) is 0 Å². The molecule has 0 nitrogen and oxygen atoms in total. The minimum atomic E-state index is -2.03. The van der Waals surface area contributed by atoms with Crippen molar-refractivity contribution in [3.8, 4) is 0 Å². The van der Waals surface area contributed by atoms with Gasteiger partial charge in [-0.15, -0.1) is 22.2 Å². The molecule has 0 unspecified atom stereocenters. The van der Waals surface area contributed by atoms with Gasteiger partial charge in [0.25, 0.3) is 0 Å². The van der Waals surface area contributed by atoms with Crippen LogP contribution in [0.1, 0.15) is 0 Å². The van der Waals surface area contributed by atoms with Crippen LogP contribution in [0.3, 0.4) is 0 Å². The van der Waals surface area contributed by atoms with Crippen LogP contribution in [0, 0.1) is 0 Å². The van der Waals surface area contributed by atoms with Gasteiger partial charge in [-0.1, -0.05) is 60.7 Å². The van der Waals surface area contributed by atoms with E-state index >= 15 is 0 Å². The third-order valence-electron chi connectivity index (χ3n) is 2.91. The van der Waals surface area contributed by atoms with Crippen molar-refractivity contribution in [2.75, 3.05) is 6.16 Å². The largest absolute Gasteiger partial charge is 0.248 e. The molecule has 0 heterocycles. The highest BCUT2D eigenvalue weighted by molar-refractivity contribution is 7.73. The first kappa shape index (κ1) is 15.1. The molecule has 0 aliphatic carbocycles. The van der Waals surface area contributed by atoms with Crippen LogP contribution in [0.2, 0.25) is 12.6 Å². The van der Waals surface area contributed by atoms with Crippen LogP contribution in [0.5, 0.6) is 0 Å². The first-order valence-corrected chi connectivity index (χ1v) is 12.6. The van der Waals surface area contributed by atoms with Crippen LogP contribution in [-0.4, -0.2) is 12.9 Å². The highest BCUT2D eigenvalue weighted by Gasteiger charge is 2.24. The van der Waals surface area contributed by atoms with Crippen LogP contribution in [0.25, 0.3) is 0 Å². The predicted octanol–water partition coefficient (Wildman–Crippen LogP) is 4.67. The third-order valence-corrected chi connectivity index (χ3v) is 8.11. The van der Waals surface area contributed by atoms with Crippen molar-refractivity contribution in [3.63, 3.8) is 0 Å². The van der Waals surface area contributed by atoms with Crippen LogP contribution >= 0.6 is 30.1 Å². The molecule has 100 valence electrons. The molecule has 2 aromatic carbocycles. The van der Waals surface area contributed by atoms with Gasteiger partial charge >= 0.3 is 0 Å². The summed E-state index contributed by atoms with van der Waals surface area (Å²) in [6.45, 7) is -0.0255. The Morgan fingerprint density at radius 2 is 1.26 bits per heavy atom. The molecule has 0 aromatic heterocycles. The van der Waals surface area contributed by atoms with Gasteiger partial charge in [0.05, 0.1) is 0 Å². The monoisotopic (exact) mass is 326 g/mol. The summed E-state index contributed by atoms with van der Waals surface area (Å²) in [4.78, 5) is 0. The van der Waals surface area contributed by atoms with Crippen molar-refractivity contribution in [1.29, 1.82) is 0 Å². The zero-order valence-corrected chi connectivity index (χ0v) is 14.3. The Morgan fingerprint density at radius 1 is 0.842 bits per heavy atom. The summed E-state index contributed by atoms with van der Waals surface area (Å²) >= 11 is 12.5. The first-order chi connectivity index (χ1) is 9.06. The molecule has 0 saturated heterocycles. The van der Waals surface area contributed by atoms with Gasteiger partial charge < -0.3 is 0 Å². The van der Waals surface area contributed by atoms with Gasteiger partial charge in [-0.3, -0.25) is 0 Å². The lowest BCUT2D eigenvalue weighted by Gasteiger charge is -2.20. The maximum atomic E-state index is 6.27. The van der Waals surface area contributed by atoms with Gasteiger partial charge in [-0.2, -0.15) is 0 Å². The molecule has 2 rings (SSSR count). The highest BCUT2D eigenvalue weighted by Crippen LogP contribution is 2.37. The fraction of sp³-hybridized carbons (Fsp3) is 0.200. The summed E-state index contributed by atoms with van der Waals surface area (Å²) in [5.41, 5.74) is 0. The maximum absolute atomic E-state index is 6.27. The van der Waals surface area contributed by atoms with E-state index in [0.717, 1.165) is 12.2 Å². The third kappa shape index (κ3) is 4.93. The van der Waals surface area contributed by atoms with Gasteiger partial charge in [-0.05, 0) is 37.3 Å². The molecule has 0 spiro atoms. The van der Waals surface area contributed by atoms with E-state index in [0.29, 0.717) is 0 Å². The fourth-order valence-electron chi connectivity index (χ4n) is 1.93. The molecule has 0 atom stereocenters. The van der Waals surface area contributed by atoms with Gasteiger partial charge in [0, 0.05) is 0 Å². The molecule has 0 N–H and O–H groups in total. The number of rotatable bonds is 5. The van der Waals surface area contributed by atoms with Crippen LogP contribution in [0.15, 0.2) is 60.7 Å². The minimum Gasteiger partial charge on any atom is -0.146 e. The molecule has 0 bridgehead atoms. The average Bonchev–Trinajstić information content (AvgIpc) is 2.40. The van der Waals surface area contributed by atoms with E-state index in [1.165, 1.54) is 10.6 Å². The quantitative estimate of drug-likeness (QED) is 0.425. The van der Waals surface area contributed by atoms with Gasteiger partial charge in [0.2, 0.25) is 6.69 Å². The molecule has 0 fully saturated rings. The maximum Gasteiger partial charge on any atom is 0.248 e. The second-order valence-electron chi connectivity index (χ2n) is 4.64. The Balaban J connectivity index is 2.24. The topological polar surface area (TPSA) is 0 Å². The van der Waals surface area contributed by atoms with Crippen molar-refractivity contribution < 1.29 is 0 Å². The van der Waals surface area contributed by atoms with Crippen LogP contribution in [0.4, 0.5) is 0 Å². The van der Waals surface area contributed by atoms with Crippen molar-refractivity contribution >= 4 is 47.4 Å². The Labute approximate surface area is 126 Å². The smallest absolute Gasteiger partial charge is 0.146 e. The number of benzene rings is 2. The zero-order valence-electron chi connectivity index (χ0n) is 10.9. The van der Waals surface area contributed by atoms with Crippen molar-refractivity contribution in [3.05, 3.63) is 60.7 Å². The van der Waals surface area contributed by atoms with Gasteiger partial charge in [-0.25, -0.2) is 0 Å². The lowest BCUT2D eigenvalue weighted by molar-refractivity contribution is 1.44. The lowest BCUT2D eigenvalue weighted by atomic mass is 10.4. The Kier molecular flexibility index (Phi) is 5.47. The van der Waals surface area contributed by atoms with Crippen LogP contribution < -0.4 is 10.6 Å².